The van der Waals surface area contributed by atoms with Crippen molar-refractivity contribution in [3.8, 4) is 6.07 Å². The van der Waals surface area contributed by atoms with E-state index in [-0.39, 0.29) is 11.9 Å². The van der Waals surface area contributed by atoms with Crippen LogP contribution in [-0.2, 0) is 11.3 Å². The third kappa shape index (κ3) is 3.80. The van der Waals surface area contributed by atoms with Crippen LogP contribution < -0.4 is 5.32 Å². The number of benzene rings is 1. The van der Waals surface area contributed by atoms with Crippen molar-refractivity contribution < 1.29 is 4.79 Å². The van der Waals surface area contributed by atoms with Gasteiger partial charge in [0.25, 0.3) is 0 Å². The second-order valence-corrected chi connectivity index (χ2v) is 5.03. The molecule has 1 aliphatic rings. The van der Waals surface area contributed by atoms with E-state index in [2.05, 4.69) is 18.3 Å². The average molecular weight is 257 g/mol. The van der Waals surface area contributed by atoms with Gasteiger partial charge in [0.05, 0.1) is 11.6 Å². The summed E-state index contributed by atoms with van der Waals surface area (Å²) in [5.74, 6) is 0.270. The monoisotopic (exact) mass is 257 g/mol. The number of hydrogen-bond donors (Lipinski definition) is 1. The predicted octanol–water partition coefficient (Wildman–Crippen LogP) is 1.66. The van der Waals surface area contributed by atoms with Gasteiger partial charge < -0.3 is 10.2 Å². The summed E-state index contributed by atoms with van der Waals surface area (Å²) in [5, 5.41) is 12.1. The highest BCUT2D eigenvalue weighted by atomic mass is 16.2. The van der Waals surface area contributed by atoms with Crippen LogP contribution in [0.1, 0.15) is 30.9 Å². The molecule has 1 aromatic carbocycles. The summed E-state index contributed by atoms with van der Waals surface area (Å²) in [7, 11) is 0. The molecule has 0 radical (unpaired) electrons. The van der Waals surface area contributed by atoms with Crippen LogP contribution in [0.2, 0.25) is 0 Å². The van der Waals surface area contributed by atoms with E-state index in [4.69, 9.17) is 5.26 Å². The van der Waals surface area contributed by atoms with Crippen molar-refractivity contribution in [2.45, 2.75) is 32.4 Å². The van der Waals surface area contributed by atoms with Crippen molar-refractivity contribution in [3.63, 3.8) is 0 Å². The first-order chi connectivity index (χ1) is 9.19. The zero-order valence-corrected chi connectivity index (χ0v) is 11.2. The highest BCUT2D eigenvalue weighted by Gasteiger charge is 2.21. The third-order valence-electron chi connectivity index (χ3n) is 3.40. The molecule has 1 saturated heterocycles. The maximum absolute atomic E-state index is 11.5. The molecule has 1 atom stereocenters. The van der Waals surface area contributed by atoms with Gasteiger partial charge in [-0.1, -0.05) is 12.1 Å². The van der Waals surface area contributed by atoms with Crippen LogP contribution in [0.5, 0.6) is 0 Å². The van der Waals surface area contributed by atoms with Gasteiger partial charge in [-0.25, -0.2) is 0 Å². The largest absolute Gasteiger partial charge is 0.341 e. The van der Waals surface area contributed by atoms with E-state index in [9.17, 15) is 4.79 Å². The zero-order chi connectivity index (χ0) is 13.7. The lowest BCUT2D eigenvalue weighted by molar-refractivity contribution is -0.127. The lowest BCUT2D eigenvalue weighted by Gasteiger charge is -2.21. The Morgan fingerprint density at radius 2 is 2.16 bits per heavy atom. The first kappa shape index (κ1) is 13.6. The maximum atomic E-state index is 11.5. The van der Waals surface area contributed by atoms with Gasteiger partial charge in [0.1, 0.15) is 0 Å². The molecule has 4 nitrogen and oxygen atoms in total. The van der Waals surface area contributed by atoms with Gasteiger partial charge in [0, 0.05) is 32.1 Å². The summed E-state index contributed by atoms with van der Waals surface area (Å²) in [4.78, 5) is 13.4. The lowest BCUT2D eigenvalue weighted by atomic mass is 10.1. The molecule has 19 heavy (non-hydrogen) atoms. The summed E-state index contributed by atoms with van der Waals surface area (Å²) in [6.07, 6.45) is 1.68. The van der Waals surface area contributed by atoms with Crippen molar-refractivity contribution in [2.24, 2.45) is 0 Å². The Balaban J connectivity index is 1.78. The molecule has 0 saturated carbocycles. The van der Waals surface area contributed by atoms with Crippen LogP contribution in [0, 0.1) is 11.3 Å². The van der Waals surface area contributed by atoms with Crippen LogP contribution >= 0.6 is 0 Å². The lowest BCUT2D eigenvalue weighted by Crippen LogP contribution is -2.39. The van der Waals surface area contributed by atoms with E-state index in [0.29, 0.717) is 12.0 Å². The summed E-state index contributed by atoms with van der Waals surface area (Å²) >= 11 is 0. The molecule has 2 rings (SSSR count). The summed E-state index contributed by atoms with van der Waals surface area (Å²) in [6.45, 7) is 4.51. The van der Waals surface area contributed by atoms with Gasteiger partial charge in [-0.2, -0.15) is 5.26 Å². The Kier molecular flexibility index (Phi) is 4.53. The topological polar surface area (TPSA) is 56.1 Å². The van der Waals surface area contributed by atoms with E-state index in [1.54, 1.807) is 0 Å². The summed E-state index contributed by atoms with van der Waals surface area (Å²) < 4.78 is 0. The van der Waals surface area contributed by atoms with Crippen LogP contribution in [0.25, 0.3) is 0 Å². The first-order valence-electron chi connectivity index (χ1n) is 6.69. The van der Waals surface area contributed by atoms with Gasteiger partial charge in [-0.15, -0.1) is 0 Å². The predicted molar refractivity (Wildman–Crippen MR) is 73.3 cm³/mol. The number of carbonyl (C=O) groups is 1. The van der Waals surface area contributed by atoms with E-state index < -0.39 is 0 Å². The summed E-state index contributed by atoms with van der Waals surface area (Å²) in [5.41, 5.74) is 1.83. The van der Waals surface area contributed by atoms with Gasteiger partial charge in [-0.3, -0.25) is 4.79 Å². The molecule has 100 valence electrons. The quantitative estimate of drug-likeness (QED) is 0.872. The third-order valence-corrected chi connectivity index (χ3v) is 3.40. The van der Waals surface area contributed by atoms with Gasteiger partial charge >= 0.3 is 0 Å². The standard InChI is InChI=1S/C15H19N3O/c1-12(11-18-8-2-3-15(18)19)17-10-14-6-4-13(9-16)5-7-14/h4-7,12,17H,2-3,8,10-11H2,1H3. The van der Waals surface area contributed by atoms with Gasteiger partial charge in [-0.05, 0) is 31.0 Å². The number of nitrogens with zero attached hydrogens (tertiary/aromatic N) is 2. The molecule has 1 aromatic rings. The van der Waals surface area contributed by atoms with Crippen molar-refractivity contribution >= 4 is 5.91 Å². The minimum Gasteiger partial charge on any atom is -0.341 e. The number of hydrogen-bond acceptors (Lipinski definition) is 3. The number of amides is 1. The van der Waals surface area contributed by atoms with E-state index in [0.717, 1.165) is 31.6 Å². The van der Waals surface area contributed by atoms with Crippen molar-refractivity contribution in [1.29, 1.82) is 5.26 Å². The smallest absolute Gasteiger partial charge is 0.222 e. The second kappa shape index (κ2) is 6.35. The zero-order valence-electron chi connectivity index (χ0n) is 11.2. The van der Waals surface area contributed by atoms with Gasteiger partial charge in [0.15, 0.2) is 0 Å². The fourth-order valence-electron chi connectivity index (χ4n) is 2.28. The Morgan fingerprint density at radius 1 is 1.42 bits per heavy atom. The van der Waals surface area contributed by atoms with Crippen molar-refractivity contribution in [1.82, 2.24) is 10.2 Å². The normalized spacial score (nSPS) is 16.4. The molecular weight excluding hydrogens is 238 g/mol. The minimum atomic E-state index is 0.270. The minimum absolute atomic E-state index is 0.270. The molecule has 0 aromatic heterocycles. The average Bonchev–Trinajstić information content (AvgIpc) is 2.82. The molecule has 1 aliphatic heterocycles. The number of carbonyl (C=O) groups excluding carboxylic acids is 1. The molecule has 0 spiro atoms. The fourth-order valence-corrected chi connectivity index (χ4v) is 2.28. The van der Waals surface area contributed by atoms with Crippen LogP contribution in [0.15, 0.2) is 24.3 Å². The van der Waals surface area contributed by atoms with Crippen molar-refractivity contribution in [3.05, 3.63) is 35.4 Å². The number of likely N-dealkylation sites (tertiary alicyclic amines) is 1. The Bertz CT molecular complexity index is 475. The summed E-state index contributed by atoms with van der Waals surface area (Å²) in [6, 6.07) is 9.95. The molecule has 0 bridgehead atoms. The fraction of sp³-hybridized carbons (Fsp3) is 0.467. The molecule has 1 N–H and O–H groups in total. The number of nitrogens with one attached hydrogen (secondary N) is 1. The molecular formula is C15H19N3O. The van der Waals surface area contributed by atoms with E-state index in [1.807, 2.05) is 29.2 Å². The molecule has 1 unspecified atom stereocenters. The van der Waals surface area contributed by atoms with E-state index in [1.165, 1.54) is 0 Å². The van der Waals surface area contributed by atoms with Crippen molar-refractivity contribution in [2.75, 3.05) is 13.1 Å². The number of rotatable bonds is 5. The molecule has 0 aliphatic carbocycles. The SMILES string of the molecule is CC(CN1CCCC1=O)NCc1ccc(C#N)cc1. The second-order valence-electron chi connectivity index (χ2n) is 5.03. The highest BCUT2D eigenvalue weighted by molar-refractivity contribution is 5.78. The van der Waals surface area contributed by atoms with Crippen LogP contribution in [0.3, 0.4) is 0 Å². The first-order valence-corrected chi connectivity index (χ1v) is 6.69. The maximum Gasteiger partial charge on any atom is 0.222 e. The van der Waals surface area contributed by atoms with Crippen LogP contribution in [0.4, 0.5) is 0 Å². The van der Waals surface area contributed by atoms with Gasteiger partial charge in [0.2, 0.25) is 5.91 Å². The molecule has 1 heterocycles. The Labute approximate surface area is 114 Å². The highest BCUT2D eigenvalue weighted by Crippen LogP contribution is 2.10. The van der Waals surface area contributed by atoms with Crippen LogP contribution in [-0.4, -0.2) is 29.9 Å². The Morgan fingerprint density at radius 3 is 2.74 bits per heavy atom. The number of nitriles is 1. The molecule has 1 fully saturated rings. The molecule has 1 amide bonds. The van der Waals surface area contributed by atoms with E-state index >= 15 is 0 Å². The molecule has 4 heteroatoms. The Hall–Kier alpha value is -1.86.